The van der Waals surface area contributed by atoms with E-state index in [9.17, 15) is 0 Å². The normalized spacial score (nSPS) is 13.4. The van der Waals surface area contributed by atoms with Gasteiger partial charge in [-0.25, -0.2) is 0 Å². The van der Waals surface area contributed by atoms with E-state index in [0.29, 0.717) is 6.04 Å². The van der Waals surface area contributed by atoms with Crippen LogP contribution in [0.15, 0.2) is 12.3 Å². The number of hydrogen-bond acceptors (Lipinski definition) is 2. The minimum Gasteiger partial charge on any atom is -0.314 e. The summed E-state index contributed by atoms with van der Waals surface area (Å²) in [5.74, 6) is 0.717. The Kier molecular flexibility index (Phi) is 4.82. The number of aromatic nitrogens is 2. The zero-order valence-electron chi connectivity index (χ0n) is 10.3. The molecule has 1 aromatic rings. The molecular formula is C12H23N3. The molecule has 1 heterocycles. The minimum atomic E-state index is 0.585. The molecule has 0 amide bonds. The molecular weight excluding hydrogens is 186 g/mol. The third kappa shape index (κ3) is 4.98. The van der Waals surface area contributed by atoms with E-state index in [1.165, 1.54) is 12.1 Å². The molecule has 1 rings (SSSR count). The van der Waals surface area contributed by atoms with E-state index in [-0.39, 0.29) is 0 Å². The van der Waals surface area contributed by atoms with Crippen LogP contribution < -0.4 is 5.32 Å². The number of rotatable bonds is 6. The van der Waals surface area contributed by atoms with Crippen LogP contribution in [0, 0.1) is 5.92 Å². The molecule has 1 atom stereocenters. The predicted molar refractivity (Wildman–Crippen MR) is 63.8 cm³/mol. The number of nitrogens with zero attached hydrogens (tertiary/aromatic N) is 2. The summed E-state index contributed by atoms with van der Waals surface area (Å²) in [6.45, 7) is 7.76. The van der Waals surface area contributed by atoms with Crippen LogP contribution >= 0.6 is 0 Å². The van der Waals surface area contributed by atoms with Crippen molar-refractivity contribution >= 4 is 0 Å². The third-order valence-electron chi connectivity index (χ3n) is 2.54. The Labute approximate surface area is 92.9 Å². The molecule has 15 heavy (non-hydrogen) atoms. The first kappa shape index (κ1) is 12.2. The smallest absolute Gasteiger partial charge is 0.0624 e. The SMILES string of the molecule is CC(CCc1ccn(C)n1)CNC(C)C. The van der Waals surface area contributed by atoms with E-state index in [2.05, 4.69) is 37.3 Å². The molecule has 0 aliphatic heterocycles. The molecule has 1 aromatic heterocycles. The number of nitrogens with one attached hydrogen (secondary N) is 1. The van der Waals surface area contributed by atoms with Crippen molar-refractivity contribution in [1.82, 2.24) is 15.1 Å². The van der Waals surface area contributed by atoms with Gasteiger partial charge >= 0.3 is 0 Å². The molecule has 0 aliphatic carbocycles. The summed E-state index contributed by atoms with van der Waals surface area (Å²) >= 11 is 0. The Balaban J connectivity index is 2.19. The highest BCUT2D eigenvalue weighted by molar-refractivity contribution is 4.98. The maximum Gasteiger partial charge on any atom is 0.0624 e. The molecule has 86 valence electrons. The van der Waals surface area contributed by atoms with E-state index >= 15 is 0 Å². The Morgan fingerprint density at radius 3 is 2.67 bits per heavy atom. The summed E-state index contributed by atoms with van der Waals surface area (Å²) < 4.78 is 1.87. The molecule has 3 heteroatoms. The molecule has 0 spiro atoms. The first-order valence-electron chi connectivity index (χ1n) is 5.80. The van der Waals surface area contributed by atoms with Gasteiger partial charge in [0.15, 0.2) is 0 Å². The predicted octanol–water partition coefficient (Wildman–Crippen LogP) is 1.99. The number of aryl methyl sites for hydroxylation is 2. The van der Waals surface area contributed by atoms with Gasteiger partial charge in [-0.3, -0.25) is 4.68 Å². The van der Waals surface area contributed by atoms with Gasteiger partial charge in [0.25, 0.3) is 0 Å². The summed E-state index contributed by atoms with van der Waals surface area (Å²) in [6.07, 6.45) is 4.30. The van der Waals surface area contributed by atoms with Crippen LogP contribution in [0.25, 0.3) is 0 Å². The fourth-order valence-corrected chi connectivity index (χ4v) is 1.53. The van der Waals surface area contributed by atoms with Crippen molar-refractivity contribution in [2.45, 2.75) is 39.7 Å². The molecule has 0 bridgehead atoms. The molecule has 3 nitrogen and oxygen atoms in total. The van der Waals surface area contributed by atoms with Gasteiger partial charge in [0.2, 0.25) is 0 Å². The van der Waals surface area contributed by atoms with Crippen molar-refractivity contribution in [3.63, 3.8) is 0 Å². The van der Waals surface area contributed by atoms with E-state index in [1.807, 2.05) is 17.9 Å². The van der Waals surface area contributed by atoms with Gasteiger partial charge < -0.3 is 5.32 Å². The van der Waals surface area contributed by atoms with Crippen LogP contribution in [-0.2, 0) is 13.5 Å². The molecule has 0 aromatic carbocycles. The van der Waals surface area contributed by atoms with Gasteiger partial charge in [-0.1, -0.05) is 20.8 Å². The Morgan fingerprint density at radius 1 is 1.40 bits per heavy atom. The molecule has 0 fully saturated rings. The van der Waals surface area contributed by atoms with Crippen molar-refractivity contribution in [2.75, 3.05) is 6.54 Å². The summed E-state index contributed by atoms with van der Waals surface area (Å²) in [5.41, 5.74) is 1.20. The fourth-order valence-electron chi connectivity index (χ4n) is 1.53. The highest BCUT2D eigenvalue weighted by Crippen LogP contribution is 2.07. The molecule has 1 unspecified atom stereocenters. The molecule has 0 saturated heterocycles. The second-order valence-corrected chi connectivity index (χ2v) is 4.69. The Hall–Kier alpha value is -0.830. The van der Waals surface area contributed by atoms with E-state index in [0.717, 1.165) is 18.9 Å². The molecule has 1 N–H and O–H groups in total. The van der Waals surface area contributed by atoms with Crippen molar-refractivity contribution in [3.05, 3.63) is 18.0 Å². The van der Waals surface area contributed by atoms with Gasteiger partial charge in [0.05, 0.1) is 5.69 Å². The van der Waals surface area contributed by atoms with Gasteiger partial charge in [-0.05, 0) is 31.4 Å². The van der Waals surface area contributed by atoms with Crippen LogP contribution in [0.5, 0.6) is 0 Å². The van der Waals surface area contributed by atoms with Crippen LogP contribution in [0.4, 0.5) is 0 Å². The van der Waals surface area contributed by atoms with E-state index in [1.54, 1.807) is 0 Å². The zero-order chi connectivity index (χ0) is 11.3. The van der Waals surface area contributed by atoms with Crippen molar-refractivity contribution in [1.29, 1.82) is 0 Å². The zero-order valence-corrected chi connectivity index (χ0v) is 10.3. The topological polar surface area (TPSA) is 29.9 Å². The van der Waals surface area contributed by atoms with Crippen LogP contribution in [0.3, 0.4) is 0 Å². The van der Waals surface area contributed by atoms with Gasteiger partial charge in [0.1, 0.15) is 0 Å². The second kappa shape index (κ2) is 5.91. The standard InChI is InChI=1S/C12H23N3/c1-10(2)13-9-11(3)5-6-12-7-8-15(4)14-12/h7-8,10-11,13H,5-6,9H2,1-4H3. The Morgan fingerprint density at radius 2 is 2.13 bits per heavy atom. The van der Waals surface area contributed by atoms with Crippen molar-refractivity contribution in [3.8, 4) is 0 Å². The lowest BCUT2D eigenvalue weighted by atomic mass is 10.0. The lowest BCUT2D eigenvalue weighted by Crippen LogP contribution is -2.28. The Bertz CT molecular complexity index is 278. The van der Waals surface area contributed by atoms with Gasteiger partial charge in [-0.2, -0.15) is 5.10 Å². The average molecular weight is 209 g/mol. The first-order chi connectivity index (χ1) is 7.08. The van der Waals surface area contributed by atoms with Gasteiger partial charge in [0, 0.05) is 19.3 Å². The lowest BCUT2D eigenvalue weighted by Gasteiger charge is -2.13. The fraction of sp³-hybridized carbons (Fsp3) is 0.750. The lowest BCUT2D eigenvalue weighted by molar-refractivity contribution is 0.451. The van der Waals surface area contributed by atoms with Crippen LogP contribution in [0.1, 0.15) is 32.9 Å². The monoisotopic (exact) mass is 209 g/mol. The van der Waals surface area contributed by atoms with E-state index < -0.39 is 0 Å². The van der Waals surface area contributed by atoms with Crippen LogP contribution in [-0.4, -0.2) is 22.4 Å². The summed E-state index contributed by atoms with van der Waals surface area (Å²) in [5, 5.41) is 7.84. The van der Waals surface area contributed by atoms with Crippen LogP contribution in [0.2, 0.25) is 0 Å². The van der Waals surface area contributed by atoms with Crippen molar-refractivity contribution < 1.29 is 0 Å². The maximum absolute atomic E-state index is 4.37. The van der Waals surface area contributed by atoms with E-state index in [4.69, 9.17) is 0 Å². The largest absolute Gasteiger partial charge is 0.314 e. The minimum absolute atomic E-state index is 0.585. The summed E-state index contributed by atoms with van der Waals surface area (Å²) in [6, 6.07) is 2.69. The second-order valence-electron chi connectivity index (χ2n) is 4.69. The third-order valence-corrected chi connectivity index (χ3v) is 2.54. The average Bonchev–Trinajstić information content (AvgIpc) is 2.58. The van der Waals surface area contributed by atoms with Gasteiger partial charge in [-0.15, -0.1) is 0 Å². The molecule has 0 aliphatic rings. The number of hydrogen-bond donors (Lipinski definition) is 1. The van der Waals surface area contributed by atoms with Crippen molar-refractivity contribution in [2.24, 2.45) is 13.0 Å². The summed E-state index contributed by atoms with van der Waals surface area (Å²) in [4.78, 5) is 0. The maximum atomic E-state index is 4.37. The highest BCUT2D eigenvalue weighted by atomic mass is 15.2. The highest BCUT2D eigenvalue weighted by Gasteiger charge is 2.04. The molecule has 0 radical (unpaired) electrons. The first-order valence-corrected chi connectivity index (χ1v) is 5.80. The molecule has 0 saturated carbocycles. The summed E-state index contributed by atoms with van der Waals surface area (Å²) in [7, 11) is 1.97. The quantitative estimate of drug-likeness (QED) is 0.776.